The van der Waals surface area contributed by atoms with E-state index < -0.39 is 9.84 Å². The van der Waals surface area contributed by atoms with Crippen molar-refractivity contribution < 1.29 is 8.42 Å². The normalized spacial score (nSPS) is 15.4. The van der Waals surface area contributed by atoms with Crippen LogP contribution in [0.4, 0.5) is 5.82 Å². The van der Waals surface area contributed by atoms with Crippen LogP contribution in [0.3, 0.4) is 0 Å². The van der Waals surface area contributed by atoms with Crippen molar-refractivity contribution in [2.75, 3.05) is 18.1 Å². The molecule has 0 bridgehead atoms. The van der Waals surface area contributed by atoms with Gasteiger partial charge in [-0.2, -0.15) is 0 Å². The Morgan fingerprint density at radius 2 is 1.92 bits per heavy atom. The summed E-state index contributed by atoms with van der Waals surface area (Å²) in [5, 5.41) is 3.05. The number of nitrogens with zero attached hydrogens (tertiary/aromatic N) is 7. The van der Waals surface area contributed by atoms with Gasteiger partial charge in [0.2, 0.25) is 0 Å². The summed E-state index contributed by atoms with van der Waals surface area (Å²) < 4.78 is 25.0. The maximum Gasteiger partial charge on any atom is 0.295 e. The molecule has 0 unspecified atom stereocenters. The molecule has 0 radical (unpaired) electrons. The number of fused-ring (bicyclic) bond motifs is 1. The third-order valence-electron chi connectivity index (χ3n) is 6.93. The average molecular weight is 551 g/mol. The molecule has 3 aromatic heterocycles. The predicted octanol–water partition coefficient (Wildman–Crippen LogP) is 4.05. The summed E-state index contributed by atoms with van der Waals surface area (Å²) in [6.07, 6.45) is 8.56. The fraction of sp³-hybridized carbons (Fsp3) is 0.444. The molecule has 0 aromatic carbocycles. The van der Waals surface area contributed by atoms with Crippen LogP contribution in [0, 0.1) is 13.8 Å². The van der Waals surface area contributed by atoms with E-state index >= 15 is 0 Å². The summed E-state index contributed by atoms with van der Waals surface area (Å²) in [6.45, 7) is 12.9. The van der Waals surface area contributed by atoms with Crippen molar-refractivity contribution in [2.45, 2.75) is 65.8 Å². The highest BCUT2D eigenvalue weighted by Gasteiger charge is 2.30. The lowest BCUT2D eigenvalue weighted by atomic mass is 10.1. The molecule has 0 aliphatic heterocycles. The minimum absolute atomic E-state index is 0.120. The molecule has 0 spiro atoms. The highest BCUT2D eigenvalue weighted by Crippen LogP contribution is 2.43. The van der Waals surface area contributed by atoms with Gasteiger partial charge in [-0.05, 0) is 65.8 Å². The molecule has 1 aliphatic carbocycles. The van der Waals surface area contributed by atoms with Gasteiger partial charge in [-0.3, -0.25) is 14.4 Å². The molecule has 1 atom stereocenters. The highest BCUT2D eigenvalue weighted by molar-refractivity contribution is 7.94. The van der Waals surface area contributed by atoms with Crippen LogP contribution < -0.4 is 10.9 Å². The van der Waals surface area contributed by atoms with Crippen molar-refractivity contribution in [3.8, 4) is 11.4 Å². The third-order valence-corrected chi connectivity index (χ3v) is 8.24. The van der Waals surface area contributed by atoms with Gasteiger partial charge in [0.1, 0.15) is 11.8 Å². The van der Waals surface area contributed by atoms with E-state index in [0.29, 0.717) is 40.7 Å². The summed E-state index contributed by atoms with van der Waals surface area (Å²) in [6, 6.07) is -0.158. The van der Waals surface area contributed by atoms with E-state index in [4.69, 9.17) is 9.97 Å². The van der Waals surface area contributed by atoms with Crippen LogP contribution in [0.15, 0.2) is 38.9 Å². The zero-order valence-corrected chi connectivity index (χ0v) is 24.0. The lowest BCUT2D eigenvalue weighted by Crippen LogP contribution is -2.29. The van der Waals surface area contributed by atoms with Gasteiger partial charge < -0.3 is 5.32 Å². The van der Waals surface area contributed by atoms with Gasteiger partial charge >= 0.3 is 0 Å². The van der Waals surface area contributed by atoms with E-state index in [1.54, 1.807) is 17.0 Å². The molecule has 1 saturated carbocycles. The van der Waals surface area contributed by atoms with Gasteiger partial charge in [0.25, 0.3) is 5.56 Å². The van der Waals surface area contributed by atoms with Crippen LogP contribution >= 0.6 is 0 Å². The van der Waals surface area contributed by atoms with Crippen LogP contribution in [0.1, 0.15) is 69.1 Å². The Kier molecular flexibility index (Phi) is 8.05. The van der Waals surface area contributed by atoms with Gasteiger partial charge in [-0.15, -0.1) is 0 Å². The first-order chi connectivity index (χ1) is 18.5. The van der Waals surface area contributed by atoms with E-state index in [9.17, 15) is 13.2 Å². The van der Waals surface area contributed by atoms with Gasteiger partial charge in [0.15, 0.2) is 27.1 Å². The number of aromatic nitrogens is 6. The lowest BCUT2D eigenvalue weighted by molar-refractivity contribution is 0.526. The Balaban J connectivity index is 1.82. The van der Waals surface area contributed by atoms with Crippen molar-refractivity contribution >= 4 is 33.5 Å². The molecule has 0 amide bonds. The number of aliphatic imine (C=N–C) groups is 1. The monoisotopic (exact) mass is 550 g/mol. The summed E-state index contributed by atoms with van der Waals surface area (Å²) in [7, 11) is -3.31. The maximum absolute atomic E-state index is 13.7. The Morgan fingerprint density at radius 3 is 2.54 bits per heavy atom. The van der Waals surface area contributed by atoms with Crippen LogP contribution in [0.5, 0.6) is 0 Å². The molecular formula is C27H34N8O3S. The third kappa shape index (κ3) is 5.95. The smallest absolute Gasteiger partial charge is 0.295 e. The second kappa shape index (κ2) is 11.1. The lowest BCUT2D eigenvalue weighted by Gasteiger charge is -2.19. The molecule has 3 heterocycles. The van der Waals surface area contributed by atoms with Crippen molar-refractivity contribution in [3.05, 3.63) is 56.5 Å². The number of rotatable bonds is 10. The Morgan fingerprint density at radius 1 is 1.21 bits per heavy atom. The minimum Gasteiger partial charge on any atom is -0.360 e. The molecule has 206 valence electrons. The van der Waals surface area contributed by atoms with E-state index in [0.717, 1.165) is 36.0 Å². The standard InChI is InChI=1S/C27H34N8O3S/c1-8-15(2)35-26-22(18(5)32-24(34-26)21-17(4)30-14-31-23(21)19-10-11-19)33-25(27(35)36)29-13-20(28-6)12-9-16(3)39(7,37)38/h9,12,14-15,19H,6,8,10-11,13H2,1-5,7H3,(H,29,33)/b16-9+,20-12-/t15-/m0/s1. The number of sulfone groups is 1. The molecule has 4 rings (SSSR count). The van der Waals surface area contributed by atoms with Gasteiger partial charge in [-0.25, -0.2) is 33.3 Å². The van der Waals surface area contributed by atoms with Crippen molar-refractivity contribution in [1.82, 2.24) is 29.5 Å². The SMILES string of the molecule is C=N/C(=C\C=C(/C)S(C)(=O)=O)CNc1nc2c(C)nc(-c3c(C)ncnc3C3CC3)nc2n([C@@H](C)CC)c1=O. The highest BCUT2D eigenvalue weighted by atomic mass is 32.2. The zero-order chi connectivity index (χ0) is 28.5. The van der Waals surface area contributed by atoms with E-state index in [2.05, 4.69) is 32.0 Å². The Bertz CT molecular complexity index is 1670. The fourth-order valence-corrected chi connectivity index (χ4v) is 4.47. The topological polar surface area (TPSA) is 145 Å². The molecule has 1 fully saturated rings. The molecule has 12 heteroatoms. The Labute approximate surface area is 228 Å². The molecule has 1 aliphatic rings. The summed E-state index contributed by atoms with van der Waals surface area (Å²) in [5.74, 6) is 0.992. The maximum atomic E-state index is 13.7. The van der Waals surface area contributed by atoms with Gasteiger partial charge in [0.05, 0.1) is 34.9 Å². The first-order valence-electron chi connectivity index (χ1n) is 12.9. The minimum atomic E-state index is -3.31. The largest absolute Gasteiger partial charge is 0.360 e. The van der Waals surface area contributed by atoms with Crippen molar-refractivity contribution in [1.29, 1.82) is 0 Å². The molecule has 3 aromatic rings. The van der Waals surface area contributed by atoms with Crippen LogP contribution in [-0.2, 0) is 9.84 Å². The van der Waals surface area contributed by atoms with Gasteiger partial charge in [0, 0.05) is 23.1 Å². The number of hydrogen-bond donors (Lipinski definition) is 1. The van der Waals surface area contributed by atoms with Crippen LogP contribution in [0.2, 0.25) is 0 Å². The van der Waals surface area contributed by atoms with Crippen LogP contribution in [0.25, 0.3) is 22.6 Å². The Hall–Kier alpha value is -3.80. The summed E-state index contributed by atoms with van der Waals surface area (Å²) in [5.41, 5.74) is 4.28. The number of nitrogens with one attached hydrogen (secondary N) is 1. The number of anilines is 1. The average Bonchev–Trinajstić information content (AvgIpc) is 3.73. The second-order valence-electron chi connectivity index (χ2n) is 9.91. The van der Waals surface area contributed by atoms with Crippen LogP contribution in [-0.4, -0.2) is 57.4 Å². The predicted molar refractivity (Wildman–Crippen MR) is 154 cm³/mol. The molecule has 11 nitrogen and oxygen atoms in total. The molecule has 1 N–H and O–H groups in total. The summed E-state index contributed by atoms with van der Waals surface area (Å²) >= 11 is 0. The van der Waals surface area contributed by atoms with E-state index in [1.807, 2.05) is 27.7 Å². The molecule has 0 saturated heterocycles. The zero-order valence-electron chi connectivity index (χ0n) is 23.2. The van der Waals surface area contributed by atoms with E-state index in [1.165, 1.54) is 13.0 Å². The quantitative estimate of drug-likeness (QED) is 0.292. The molecular weight excluding hydrogens is 516 g/mol. The van der Waals surface area contributed by atoms with Crippen molar-refractivity contribution in [2.24, 2.45) is 4.99 Å². The fourth-order valence-electron chi connectivity index (χ4n) is 4.15. The van der Waals surface area contributed by atoms with Crippen molar-refractivity contribution in [3.63, 3.8) is 0 Å². The first kappa shape index (κ1) is 28.2. The van der Waals surface area contributed by atoms with Gasteiger partial charge in [-0.1, -0.05) is 6.92 Å². The number of allylic oxidation sites excluding steroid dienone is 3. The second-order valence-corrected chi connectivity index (χ2v) is 12.1. The number of aryl methyl sites for hydroxylation is 2. The first-order valence-corrected chi connectivity index (χ1v) is 14.8. The summed E-state index contributed by atoms with van der Waals surface area (Å²) in [4.78, 5) is 41.0. The number of hydrogen-bond acceptors (Lipinski definition) is 10. The molecule has 39 heavy (non-hydrogen) atoms. The van der Waals surface area contributed by atoms with E-state index in [-0.39, 0.29) is 28.9 Å².